The highest BCUT2D eigenvalue weighted by atomic mass is 16.5. The predicted octanol–water partition coefficient (Wildman–Crippen LogP) is 3.31. The van der Waals surface area contributed by atoms with E-state index in [9.17, 15) is 4.79 Å². The minimum Gasteiger partial charge on any atom is -0.492 e. The lowest BCUT2D eigenvalue weighted by Crippen LogP contribution is -2.28. The standard InChI is InChI=1S/C25H34N6O2/c1-5-29(6-2)14-13-26-20-10-11-21-24-23(20)25(32)19-17-18(33-16-15-30(7-3)8-4)9-12-22(19)31(24)28-27-21/h9-12,17,26H,5-8,13-16H2,1-4H3. The van der Waals surface area contributed by atoms with Crippen LogP contribution in [-0.2, 0) is 0 Å². The number of pyridine rings is 1. The molecule has 0 bridgehead atoms. The summed E-state index contributed by atoms with van der Waals surface area (Å²) in [6.45, 7) is 15.7. The Labute approximate surface area is 194 Å². The Morgan fingerprint density at radius 3 is 2.42 bits per heavy atom. The van der Waals surface area contributed by atoms with E-state index in [0.29, 0.717) is 23.1 Å². The van der Waals surface area contributed by atoms with Gasteiger partial charge in [0.15, 0.2) is 5.43 Å². The quantitative estimate of drug-likeness (QED) is 0.332. The van der Waals surface area contributed by atoms with Crippen LogP contribution in [0.5, 0.6) is 5.75 Å². The molecule has 2 aromatic carbocycles. The zero-order valence-corrected chi connectivity index (χ0v) is 20.1. The number of hydrogen-bond donors (Lipinski definition) is 1. The van der Waals surface area contributed by atoms with Crippen LogP contribution in [0.25, 0.3) is 27.3 Å². The molecule has 4 rings (SSSR count). The van der Waals surface area contributed by atoms with Crippen molar-refractivity contribution < 1.29 is 4.74 Å². The number of anilines is 1. The molecule has 4 aromatic rings. The zero-order chi connectivity index (χ0) is 23.4. The lowest BCUT2D eigenvalue weighted by atomic mass is 10.1. The third-order valence-electron chi connectivity index (χ3n) is 6.49. The average molecular weight is 451 g/mol. The topological polar surface area (TPSA) is 75.0 Å². The van der Waals surface area contributed by atoms with E-state index in [4.69, 9.17) is 4.74 Å². The molecule has 8 heteroatoms. The molecule has 0 aliphatic carbocycles. The fourth-order valence-electron chi connectivity index (χ4n) is 4.39. The van der Waals surface area contributed by atoms with Crippen molar-refractivity contribution in [1.82, 2.24) is 24.6 Å². The van der Waals surface area contributed by atoms with Gasteiger partial charge in [0.2, 0.25) is 0 Å². The van der Waals surface area contributed by atoms with Gasteiger partial charge in [-0.25, -0.2) is 4.52 Å². The van der Waals surface area contributed by atoms with Gasteiger partial charge in [0, 0.05) is 25.3 Å². The van der Waals surface area contributed by atoms with Crippen molar-refractivity contribution in [1.29, 1.82) is 0 Å². The van der Waals surface area contributed by atoms with E-state index in [2.05, 4.69) is 53.1 Å². The molecule has 0 aliphatic rings. The van der Waals surface area contributed by atoms with E-state index in [1.807, 2.05) is 30.3 Å². The van der Waals surface area contributed by atoms with Gasteiger partial charge in [-0.05, 0) is 56.5 Å². The smallest absolute Gasteiger partial charge is 0.199 e. The first-order valence-corrected chi connectivity index (χ1v) is 12.0. The SMILES string of the molecule is CCN(CC)CCNc1ccc2nnn3c4ccc(OCCN(CC)CC)cc4c(=O)c1c23. The van der Waals surface area contributed by atoms with Gasteiger partial charge in [0.1, 0.15) is 23.4 Å². The van der Waals surface area contributed by atoms with E-state index >= 15 is 0 Å². The van der Waals surface area contributed by atoms with Crippen LogP contribution >= 0.6 is 0 Å². The zero-order valence-electron chi connectivity index (χ0n) is 20.1. The van der Waals surface area contributed by atoms with Crippen LogP contribution in [0.15, 0.2) is 35.1 Å². The highest BCUT2D eigenvalue weighted by molar-refractivity contribution is 6.06. The number of rotatable bonds is 12. The third-order valence-corrected chi connectivity index (χ3v) is 6.49. The summed E-state index contributed by atoms with van der Waals surface area (Å²) in [6, 6.07) is 9.50. The van der Waals surface area contributed by atoms with Crippen molar-refractivity contribution in [2.75, 3.05) is 57.7 Å². The van der Waals surface area contributed by atoms with Gasteiger partial charge >= 0.3 is 0 Å². The Balaban J connectivity index is 1.69. The molecule has 0 spiro atoms. The van der Waals surface area contributed by atoms with E-state index in [-0.39, 0.29) is 5.43 Å². The molecule has 0 saturated heterocycles. The van der Waals surface area contributed by atoms with Crippen LogP contribution in [0.1, 0.15) is 27.7 Å². The van der Waals surface area contributed by atoms with Crippen molar-refractivity contribution in [2.45, 2.75) is 27.7 Å². The van der Waals surface area contributed by atoms with Crippen molar-refractivity contribution >= 4 is 33.0 Å². The molecule has 0 aliphatic heterocycles. The molecule has 0 saturated carbocycles. The van der Waals surface area contributed by atoms with Crippen LogP contribution in [0, 0.1) is 0 Å². The molecule has 1 N–H and O–H groups in total. The van der Waals surface area contributed by atoms with Crippen LogP contribution in [0.3, 0.4) is 0 Å². The van der Waals surface area contributed by atoms with Gasteiger partial charge in [-0.15, -0.1) is 5.10 Å². The Bertz CT molecular complexity index is 1260. The van der Waals surface area contributed by atoms with E-state index < -0.39 is 0 Å². The molecule has 176 valence electrons. The van der Waals surface area contributed by atoms with Gasteiger partial charge in [-0.3, -0.25) is 4.79 Å². The monoisotopic (exact) mass is 450 g/mol. The number of hydrogen-bond acceptors (Lipinski definition) is 7. The Kier molecular flexibility index (Phi) is 7.25. The first kappa shape index (κ1) is 23.2. The predicted molar refractivity (Wildman–Crippen MR) is 135 cm³/mol. The van der Waals surface area contributed by atoms with Crippen LogP contribution in [0.2, 0.25) is 0 Å². The van der Waals surface area contributed by atoms with Gasteiger partial charge in [-0.1, -0.05) is 32.9 Å². The Hall–Kier alpha value is -2.97. The molecule has 2 aromatic heterocycles. The van der Waals surface area contributed by atoms with Gasteiger partial charge in [-0.2, -0.15) is 0 Å². The van der Waals surface area contributed by atoms with Crippen molar-refractivity contribution in [3.8, 4) is 5.75 Å². The number of fused-ring (bicyclic) bond motifs is 2. The summed E-state index contributed by atoms with van der Waals surface area (Å²) in [7, 11) is 0. The number of nitrogens with zero attached hydrogens (tertiary/aromatic N) is 5. The maximum Gasteiger partial charge on any atom is 0.199 e. The maximum atomic E-state index is 13.7. The van der Waals surface area contributed by atoms with Crippen LogP contribution < -0.4 is 15.5 Å². The first-order chi connectivity index (χ1) is 16.1. The van der Waals surface area contributed by atoms with Crippen molar-refractivity contribution in [3.05, 3.63) is 40.6 Å². The first-order valence-electron chi connectivity index (χ1n) is 12.0. The molecule has 0 fully saturated rings. The fraction of sp³-hybridized carbons (Fsp3) is 0.480. The number of likely N-dealkylation sites (N-methyl/N-ethyl adjacent to an activating group) is 2. The molecule has 0 amide bonds. The largest absolute Gasteiger partial charge is 0.492 e. The lowest BCUT2D eigenvalue weighted by molar-refractivity contribution is 0.223. The van der Waals surface area contributed by atoms with E-state index in [1.54, 1.807) is 4.52 Å². The summed E-state index contributed by atoms with van der Waals surface area (Å²) in [6.07, 6.45) is 0. The molecule has 8 nitrogen and oxygen atoms in total. The highest BCUT2D eigenvalue weighted by Gasteiger charge is 2.18. The second-order valence-corrected chi connectivity index (χ2v) is 8.19. The van der Waals surface area contributed by atoms with Gasteiger partial charge in [0.05, 0.1) is 16.3 Å². The molecule has 0 atom stereocenters. The summed E-state index contributed by atoms with van der Waals surface area (Å²) in [5.74, 6) is 0.695. The summed E-state index contributed by atoms with van der Waals surface area (Å²) in [5, 5.41) is 13.3. The average Bonchev–Trinajstić information content (AvgIpc) is 3.28. The number of aromatic nitrogens is 3. The third kappa shape index (κ3) is 4.58. The fourth-order valence-corrected chi connectivity index (χ4v) is 4.39. The summed E-state index contributed by atoms with van der Waals surface area (Å²) in [5.41, 5.74) is 3.02. The molecule has 33 heavy (non-hydrogen) atoms. The maximum absolute atomic E-state index is 13.7. The molecular weight excluding hydrogens is 416 g/mol. The minimum absolute atomic E-state index is 0.0232. The number of nitrogens with one attached hydrogen (secondary N) is 1. The highest BCUT2D eigenvalue weighted by Crippen LogP contribution is 2.29. The molecule has 0 radical (unpaired) electrons. The van der Waals surface area contributed by atoms with Crippen molar-refractivity contribution in [2.24, 2.45) is 0 Å². The van der Waals surface area contributed by atoms with Crippen molar-refractivity contribution in [3.63, 3.8) is 0 Å². The number of ether oxygens (including phenoxy) is 1. The second-order valence-electron chi connectivity index (χ2n) is 8.19. The molecular formula is C25H34N6O2. The number of benzene rings is 2. The van der Waals surface area contributed by atoms with E-state index in [1.165, 1.54) is 0 Å². The minimum atomic E-state index is -0.0232. The normalized spacial score (nSPS) is 12.1. The van der Waals surface area contributed by atoms with Gasteiger partial charge in [0.25, 0.3) is 0 Å². The van der Waals surface area contributed by atoms with E-state index in [0.717, 1.165) is 68.1 Å². The summed E-state index contributed by atoms with van der Waals surface area (Å²) in [4.78, 5) is 18.3. The molecule has 0 unspecified atom stereocenters. The summed E-state index contributed by atoms with van der Waals surface area (Å²) >= 11 is 0. The lowest BCUT2D eigenvalue weighted by Gasteiger charge is -2.19. The summed E-state index contributed by atoms with van der Waals surface area (Å²) < 4.78 is 7.76. The van der Waals surface area contributed by atoms with Crippen LogP contribution in [-0.4, -0.2) is 77.0 Å². The Morgan fingerprint density at radius 1 is 0.970 bits per heavy atom. The molecule has 2 heterocycles. The van der Waals surface area contributed by atoms with Gasteiger partial charge < -0.3 is 19.9 Å². The Morgan fingerprint density at radius 2 is 1.70 bits per heavy atom. The van der Waals surface area contributed by atoms with Crippen LogP contribution in [0.4, 0.5) is 5.69 Å². The second kappa shape index (κ2) is 10.3.